The largest absolute Gasteiger partial charge is 0.469 e. The van der Waals surface area contributed by atoms with Crippen LogP contribution in [0.4, 0.5) is 0 Å². The molecule has 4 aliphatic carbocycles. The Morgan fingerprint density at radius 2 is 1.78 bits per heavy atom. The van der Waals surface area contributed by atoms with Crippen LogP contribution in [0.2, 0.25) is 0 Å². The number of nitrogens with one attached hydrogen (secondary N) is 2. The van der Waals surface area contributed by atoms with Gasteiger partial charge in [-0.1, -0.05) is 20.8 Å². The molecule has 0 aliphatic heterocycles. The number of carbonyl (C=O) groups is 1. The van der Waals surface area contributed by atoms with E-state index in [2.05, 4.69) is 30.8 Å². The molecule has 8 heteroatoms. The molecule has 0 heterocycles. The molecule has 0 amide bonds. The van der Waals surface area contributed by atoms with Crippen molar-refractivity contribution < 1.29 is 23.1 Å². The monoisotopic (exact) mass is 526 g/mol. The van der Waals surface area contributed by atoms with Crippen molar-refractivity contribution in [2.45, 2.75) is 97.1 Å². The minimum atomic E-state index is -3.31. The number of aliphatic hydroxyl groups is 1. The zero-order valence-electron chi connectivity index (χ0n) is 23.1. The van der Waals surface area contributed by atoms with Crippen LogP contribution in [0.15, 0.2) is 0 Å². The van der Waals surface area contributed by atoms with Gasteiger partial charge in [-0.05, 0) is 104 Å². The van der Waals surface area contributed by atoms with Crippen molar-refractivity contribution in [1.82, 2.24) is 10.0 Å². The van der Waals surface area contributed by atoms with Gasteiger partial charge in [0.15, 0.2) is 0 Å². The lowest BCUT2D eigenvalue weighted by atomic mass is 9.43. The minimum absolute atomic E-state index is 0.00610. The number of carbonyl (C=O) groups excluding carboxylic acids is 1. The van der Waals surface area contributed by atoms with Gasteiger partial charge in [0, 0.05) is 25.0 Å². The van der Waals surface area contributed by atoms with E-state index in [1.165, 1.54) is 39.0 Å². The number of hydrogen-bond acceptors (Lipinski definition) is 6. The summed E-state index contributed by atoms with van der Waals surface area (Å²) >= 11 is 0. The van der Waals surface area contributed by atoms with E-state index in [-0.39, 0.29) is 29.4 Å². The maximum absolute atomic E-state index is 12.5. The highest BCUT2D eigenvalue weighted by atomic mass is 32.2. The SMILES string of the molecule is COC(=O)CC[C@@H](C)[C@H]1CCC2C3C(NS(C)(=O)=O)C[C@@H]4CC(NCCO)CC[C@]4(C)C3CC[C@@]21C. The summed E-state index contributed by atoms with van der Waals surface area (Å²) in [5.74, 6) is 2.81. The Kier molecular flexibility index (Phi) is 8.51. The summed E-state index contributed by atoms with van der Waals surface area (Å²) in [5.41, 5.74) is 0.435. The molecule has 4 rings (SSSR count). The maximum Gasteiger partial charge on any atom is 0.305 e. The molecule has 4 aliphatic rings. The van der Waals surface area contributed by atoms with Crippen molar-refractivity contribution in [3.05, 3.63) is 0 Å². The van der Waals surface area contributed by atoms with E-state index < -0.39 is 10.0 Å². The third-order valence-corrected chi connectivity index (χ3v) is 12.1. The Labute approximate surface area is 218 Å². The van der Waals surface area contributed by atoms with Crippen molar-refractivity contribution in [2.75, 3.05) is 26.5 Å². The molecule has 0 saturated heterocycles. The van der Waals surface area contributed by atoms with Crippen LogP contribution in [0, 0.1) is 46.3 Å². The van der Waals surface area contributed by atoms with E-state index in [0.29, 0.717) is 54.5 Å². The van der Waals surface area contributed by atoms with Crippen LogP contribution < -0.4 is 10.0 Å². The van der Waals surface area contributed by atoms with Crippen LogP contribution in [-0.2, 0) is 19.6 Å². The maximum atomic E-state index is 12.5. The van der Waals surface area contributed by atoms with E-state index in [1.54, 1.807) is 0 Å². The molecular formula is C28H50N2O5S. The van der Waals surface area contributed by atoms with Crippen LogP contribution in [0.3, 0.4) is 0 Å². The van der Waals surface area contributed by atoms with Gasteiger partial charge in [-0.2, -0.15) is 0 Å². The lowest BCUT2D eigenvalue weighted by molar-refractivity contribution is -0.141. The van der Waals surface area contributed by atoms with E-state index >= 15 is 0 Å². The van der Waals surface area contributed by atoms with Gasteiger partial charge >= 0.3 is 5.97 Å². The molecule has 5 unspecified atom stereocenters. The molecule has 4 saturated carbocycles. The molecule has 208 valence electrons. The average molecular weight is 527 g/mol. The summed E-state index contributed by atoms with van der Waals surface area (Å²) in [6.45, 7) is 8.06. The molecule has 3 N–H and O–H groups in total. The van der Waals surface area contributed by atoms with E-state index in [9.17, 15) is 18.3 Å². The van der Waals surface area contributed by atoms with Gasteiger partial charge in [0.2, 0.25) is 10.0 Å². The summed E-state index contributed by atoms with van der Waals surface area (Å²) in [5, 5.41) is 12.8. The first-order valence-electron chi connectivity index (χ1n) is 14.3. The van der Waals surface area contributed by atoms with Crippen LogP contribution >= 0.6 is 0 Å². The first kappa shape index (κ1) is 28.3. The summed E-state index contributed by atoms with van der Waals surface area (Å²) < 4.78 is 33.1. The predicted molar refractivity (Wildman–Crippen MR) is 142 cm³/mol. The number of esters is 1. The second-order valence-corrected chi connectivity index (χ2v) is 15.0. The highest BCUT2D eigenvalue weighted by Gasteiger charge is 2.63. The Morgan fingerprint density at radius 1 is 1.08 bits per heavy atom. The van der Waals surface area contributed by atoms with Gasteiger partial charge in [0.1, 0.15) is 0 Å². The summed E-state index contributed by atoms with van der Waals surface area (Å²) in [4.78, 5) is 11.8. The number of ether oxygens (including phenoxy) is 1. The first-order chi connectivity index (χ1) is 16.9. The number of rotatable bonds is 9. The molecule has 10 atom stereocenters. The van der Waals surface area contributed by atoms with Gasteiger partial charge < -0.3 is 15.2 Å². The van der Waals surface area contributed by atoms with Gasteiger partial charge in [-0.25, -0.2) is 13.1 Å². The molecule has 0 radical (unpaired) electrons. The van der Waals surface area contributed by atoms with Crippen LogP contribution in [0.25, 0.3) is 0 Å². The molecule has 7 nitrogen and oxygen atoms in total. The van der Waals surface area contributed by atoms with Gasteiger partial charge in [-0.3, -0.25) is 4.79 Å². The lowest BCUT2D eigenvalue weighted by Crippen LogP contribution is -2.62. The van der Waals surface area contributed by atoms with Crippen LogP contribution in [-0.4, -0.2) is 58.1 Å². The number of fused-ring (bicyclic) bond motifs is 5. The topological polar surface area (TPSA) is 105 Å². The summed E-state index contributed by atoms with van der Waals surface area (Å²) in [6.07, 6.45) is 11.6. The van der Waals surface area contributed by atoms with E-state index in [0.717, 1.165) is 32.1 Å². The number of hydrogen-bond donors (Lipinski definition) is 3. The fraction of sp³-hybridized carbons (Fsp3) is 0.964. The Hall–Kier alpha value is -0.700. The third kappa shape index (κ3) is 5.39. The van der Waals surface area contributed by atoms with Gasteiger partial charge in [-0.15, -0.1) is 0 Å². The molecule has 0 bridgehead atoms. The molecule has 36 heavy (non-hydrogen) atoms. The predicted octanol–water partition coefficient (Wildman–Crippen LogP) is 3.71. The average Bonchev–Trinajstić information content (AvgIpc) is 3.17. The van der Waals surface area contributed by atoms with Crippen molar-refractivity contribution in [2.24, 2.45) is 46.3 Å². The number of aliphatic hydroxyl groups excluding tert-OH is 1. The smallest absolute Gasteiger partial charge is 0.305 e. The zero-order valence-corrected chi connectivity index (χ0v) is 23.9. The minimum Gasteiger partial charge on any atom is -0.469 e. The normalized spacial score (nSPS) is 43.2. The fourth-order valence-electron chi connectivity index (χ4n) is 9.74. The quantitative estimate of drug-likeness (QED) is 0.396. The number of sulfonamides is 1. The molecule has 0 aromatic rings. The van der Waals surface area contributed by atoms with Crippen molar-refractivity contribution >= 4 is 16.0 Å². The molecule has 0 aromatic heterocycles. The Balaban J connectivity index is 1.59. The van der Waals surface area contributed by atoms with Gasteiger partial charge in [0.05, 0.1) is 20.0 Å². The second kappa shape index (κ2) is 10.8. The fourth-order valence-corrected chi connectivity index (χ4v) is 10.5. The first-order valence-corrected chi connectivity index (χ1v) is 16.2. The lowest BCUT2D eigenvalue weighted by Gasteiger charge is -2.63. The summed E-state index contributed by atoms with van der Waals surface area (Å²) in [7, 11) is -1.85. The van der Waals surface area contributed by atoms with E-state index in [1.807, 2.05) is 0 Å². The molecule has 4 fully saturated rings. The van der Waals surface area contributed by atoms with Crippen LogP contribution in [0.5, 0.6) is 0 Å². The standard InChI is InChI=1S/C28H50N2O5S/c1-18(6-9-25(32)35-4)21-7-8-22-26-23(11-13-28(21,22)3)27(2)12-10-20(29-14-15-31)16-19(27)17-24(26)30-36(5,33)34/h18-24,26,29-31H,6-17H2,1-5H3/t18-,19+,20?,21-,22?,23?,24?,26?,27+,28-/m1/s1. The van der Waals surface area contributed by atoms with Crippen molar-refractivity contribution in [3.8, 4) is 0 Å². The van der Waals surface area contributed by atoms with Crippen molar-refractivity contribution in [1.29, 1.82) is 0 Å². The Bertz CT molecular complexity index is 896. The highest BCUT2D eigenvalue weighted by Crippen LogP contribution is 2.68. The Morgan fingerprint density at radius 3 is 2.44 bits per heavy atom. The zero-order chi connectivity index (χ0) is 26.3. The van der Waals surface area contributed by atoms with Crippen LogP contribution in [0.1, 0.15) is 85.0 Å². The van der Waals surface area contributed by atoms with Gasteiger partial charge in [0.25, 0.3) is 0 Å². The summed E-state index contributed by atoms with van der Waals surface area (Å²) in [6, 6.07) is 0.402. The van der Waals surface area contributed by atoms with E-state index in [4.69, 9.17) is 4.74 Å². The highest BCUT2D eigenvalue weighted by molar-refractivity contribution is 7.88. The molecular weight excluding hydrogens is 476 g/mol. The third-order valence-electron chi connectivity index (χ3n) is 11.4. The molecule has 0 aromatic carbocycles. The van der Waals surface area contributed by atoms with Crippen molar-refractivity contribution in [3.63, 3.8) is 0 Å². The number of methoxy groups -OCH3 is 1. The second-order valence-electron chi connectivity index (χ2n) is 13.2. The molecule has 0 spiro atoms.